The quantitative estimate of drug-likeness (QED) is 0.673. The van der Waals surface area contributed by atoms with Crippen molar-refractivity contribution in [2.45, 2.75) is 32.8 Å². The van der Waals surface area contributed by atoms with Gasteiger partial charge in [0.05, 0.1) is 0 Å². The minimum atomic E-state index is -0.122. The van der Waals surface area contributed by atoms with Crippen LogP contribution in [0.4, 0.5) is 0 Å². The number of nitrogens with zero attached hydrogens (tertiary/aromatic N) is 1. The minimum Gasteiger partial charge on any atom is -0.461 e. The van der Waals surface area contributed by atoms with Crippen LogP contribution in [-0.2, 0) is 16.1 Å². The molecule has 0 amide bonds. The maximum absolute atomic E-state index is 11.1. The molecule has 3 nitrogen and oxygen atoms in total. The summed E-state index contributed by atoms with van der Waals surface area (Å²) in [6.45, 7) is 2.40. The number of ether oxygens (including phenoxy) is 1. The first-order chi connectivity index (χ1) is 6.83. The normalized spacial score (nSPS) is 9.79. The number of unbranched alkanes of at least 4 members (excludes halogenated alkanes) is 1. The molecule has 0 saturated carbocycles. The summed E-state index contributed by atoms with van der Waals surface area (Å²) >= 11 is 0. The summed E-state index contributed by atoms with van der Waals surface area (Å²) in [5.74, 6) is -0.122. The van der Waals surface area contributed by atoms with Crippen molar-refractivity contribution < 1.29 is 9.53 Å². The van der Waals surface area contributed by atoms with Gasteiger partial charge in [-0.05, 0) is 24.1 Å². The molecule has 0 aliphatic carbocycles. The van der Waals surface area contributed by atoms with Crippen LogP contribution in [0.1, 0.15) is 31.7 Å². The van der Waals surface area contributed by atoms with Gasteiger partial charge in [-0.25, -0.2) is 0 Å². The summed E-state index contributed by atoms with van der Waals surface area (Å²) in [6.07, 6.45) is 5.81. The molecule has 0 atom stereocenters. The van der Waals surface area contributed by atoms with Crippen LogP contribution in [0.15, 0.2) is 24.5 Å². The van der Waals surface area contributed by atoms with Gasteiger partial charge in [-0.2, -0.15) is 0 Å². The number of hydrogen-bond acceptors (Lipinski definition) is 3. The van der Waals surface area contributed by atoms with Crippen LogP contribution in [-0.4, -0.2) is 11.0 Å². The highest BCUT2D eigenvalue weighted by Crippen LogP contribution is 2.02. The summed E-state index contributed by atoms with van der Waals surface area (Å²) < 4.78 is 5.06. The second kappa shape index (κ2) is 6.13. The third kappa shape index (κ3) is 4.03. The Morgan fingerprint density at radius 1 is 1.43 bits per heavy atom. The Labute approximate surface area is 84.1 Å². The maximum atomic E-state index is 11.1. The molecule has 3 heteroatoms. The smallest absolute Gasteiger partial charge is 0.306 e. The Hall–Kier alpha value is -1.38. The molecule has 0 aliphatic rings. The van der Waals surface area contributed by atoms with E-state index in [-0.39, 0.29) is 5.97 Å². The Morgan fingerprint density at radius 3 is 2.79 bits per heavy atom. The Kier molecular flexibility index (Phi) is 4.69. The van der Waals surface area contributed by atoms with E-state index in [2.05, 4.69) is 11.9 Å². The van der Waals surface area contributed by atoms with Gasteiger partial charge in [0.25, 0.3) is 0 Å². The van der Waals surface area contributed by atoms with E-state index in [4.69, 9.17) is 4.74 Å². The van der Waals surface area contributed by atoms with Crippen molar-refractivity contribution in [3.05, 3.63) is 30.1 Å². The van der Waals surface area contributed by atoms with Gasteiger partial charge in [-0.3, -0.25) is 9.78 Å². The number of aromatic nitrogens is 1. The molecule has 0 spiro atoms. The molecule has 1 heterocycles. The highest BCUT2D eigenvalue weighted by atomic mass is 16.5. The standard InChI is InChI=1S/C11H15NO2/c1-2-3-4-11(13)14-9-10-5-7-12-8-6-10/h5-8H,2-4,9H2,1H3. The van der Waals surface area contributed by atoms with Crippen molar-refractivity contribution in [2.24, 2.45) is 0 Å². The van der Waals surface area contributed by atoms with Gasteiger partial charge in [0.1, 0.15) is 6.61 Å². The molecule has 0 aliphatic heterocycles. The van der Waals surface area contributed by atoms with Gasteiger partial charge in [-0.15, -0.1) is 0 Å². The molecular formula is C11H15NO2. The first-order valence-corrected chi connectivity index (χ1v) is 4.87. The van der Waals surface area contributed by atoms with E-state index in [1.165, 1.54) is 0 Å². The molecule has 0 aromatic carbocycles. The lowest BCUT2D eigenvalue weighted by Gasteiger charge is -2.03. The van der Waals surface area contributed by atoms with E-state index in [1.54, 1.807) is 12.4 Å². The monoisotopic (exact) mass is 193 g/mol. The molecule has 76 valence electrons. The van der Waals surface area contributed by atoms with Crippen molar-refractivity contribution >= 4 is 5.97 Å². The van der Waals surface area contributed by atoms with Gasteiger partial charge in [0.15, 0.2) is 0 Å². The van der Waals surface area contributed by atoms with Crippen molar-refractivity contribution in [1.29, 1.82) is 0 Å². The third-order valence-corrected chi connectivity index (χ3v) is 1.88. The SMILES string of the molecule is CCCCC(=O)OCc1ccncc1. The highest BCUT2D eigenvalue weighted by Gasteiger charge is 2.01. The number of pyridine rings is 1. The molecule has 0 radical (unpaired) electrons. The van der Waals surface area contributed by atoms with Crippen LogP contribution in [0.5, 0.6) is 0 Å². The predicted octanol–water partition coefficient (Wildman–Crippen LogP) is 2.32. The number of hydrogen-bond donors (Lipinski definition) is 0. The summed E-state index contributed by atoms with van der Waals surface area (Å²) in [7, 11) is 0. The molecule has 14 heavy (non-hydrogen) atoms. The van der Waals surface area contributed by atoms with E-state index in [0.717, 1.165) is 18.4 Å². The molecule has 0 saturated heterocycles. The van der Waals surface area contributed by atoms with E-state index in [1.807, 2.05) is 12.1 Å². The topological polar surface area (TPSA) is 39.2 Å². The molecule has 1 rings (SSSR count). The Bertz CT molecular complexity index is 272. The van der Waals surface area contributed by atoms with E-state index < -0.39 is 0 Å². The summed E-state index contributed by atoms with van der Waals surface area (Å²) in [5, 5.41) is 0. The van der Waals surface area contributed by atoms with Crippen LogP contribution in [0, 0.1) is 0 Å². The zero-order chi connectivity index (χ0) is 10.2. The lowest BCUT2D eigenvalue weighted by molar-refractivity contribution is -0.145. The maximum Gasteiger partial charge on any atom is 0.306 e. The molecule has 0 fully saturated rings. The Balaban J connectivity index is 2.24. The van der Waals surface area contributed by atoms with Crippen LogP contribution in [0.3, 0.4) is 0 Å². The third-order valence-electron chi connectivity index (χ3n) is 1.88. The predicted molar refractivity (Wildman–Crippen MR) is 53.6 cm³/mol. The fourth-order valence-corrected chi connectivity index (χ4v) is 1.04. The van der Waals surface area contributed by atoms with Gasteiger partial charge in [0, 0.05) is 18.8 Å². The average Bonchev–Trinajstić information content (AvgIpc) is 2.25. The van der Waals surface area contributed by atoms with Crippen molar-refractivity contribution in [3.8, 4) is 0 Å². The lowest BCUT2D eigenvalue weighted by Crippen LogP contribution is -2.03. The molecule has 0 unspecified atom stereocenters. The molecule has 1 aromatic heterocycles. The van der Waals surface area contributed by atoms with Gasteiger partial charge >= 0.3 is 5.97 Å². The Morgan fingerprint density at radius 2 is 2.14 bits per heavy atom. The molecule has 1 aromatic rings. The fraction of sp³-hybridized carbons (Fsp3) is 0.455. The van der Waals surface area contributed by atoms with Crippen LogP contribution in [0.2, 0.25) is 0 Å². The second-order valence-corrected chi connectivity index (χ2v) is 3.12. The number of rotatable bonds is 5. The largest absolute Gasteiger partial charge is 0.461 e. The first-order valence-electron chi connectivity index (χ1n) is 4.87. The van der Waals surface area contributed by atoms with Gasteiger partial charge in [0.2, 0.25) is 0 Å². The number of carbonyl (C=O) groups is 1. The lowest BCUT2D eigenvalue weighted by atomic mass is 10.2. The van der Waals surface area contributed by atoms with E-state index >= 15 is 0 Å². The van der Waals surface area contributed by atoms with Crippen molar-refractivity contribution in [2.75, 3.05) is 0 Å². The van der Waals surface area contributed by atoms with E-state index in [9.17, 15) is 4.79 Å². The molecule has 0 bridgehead atoms. The summed E-state index contributed by atoms with van der Waals surface area (Å²) in [6, 6.07) is 3.68. The van der Waals surface area contributed by atoms with Crippen molar-refractivity contribution in [1.82, 2.24) is 4.98 Å². The fourth-order valence-electron chi connectivity index (χ4n) is 1.04. The highest BCUT2D eigenvalue weighted by molar-refractivity contribution is 5.69. The first kappa shape index (κ1) is 10.7. The molecule has 0 N–H and O–H groups in total. The van der Waals surface area contributed by atoms with Crippen molar-refractivity contribution in [3.63, 3.8) is 0 Å². The second-order valence-electron chi connectivity index (χ2n) is 3.12. The van der Waals surface area contributed by atoms with E-state index in [0.29, 0.717) is 13.0 Å². The molecular weight excluding hydrogens is 178 g/mol. The average molecular weight is 193 g/mol. The zero-order valence-electron chi connectivity index (χ0n) is 8.40. The van der Waals surface area contributed by atoms with Gasteiger partial charge in [-0.1, -0.05) is 13.3 Å². The van der Waals surface area contributed by atoms with Gasteiger partial charge < -0.3 is 4.74 Å². The van der Waals surface area contributed by atoms with Crippen LogP contribution < -0.4 is 0 Å². The summed E-state index contributed by atoms with van der Waals surface area (Å²) in [5.41, 5.74) is 0.977. The van der Waals surface area contributed by atoms with Crippen LogP contribution in [0.25, 0.3) is 0 Å². The minimum absolute atomic E-state index is 0.122. The zero-order valence-corrected chi connectivity index (χ0v) is 8.40. The number of esters is 1. The summed E-state index contributed by atoms with van der Waals surface area (Å²) in [4.78, 5) is 15.0. The number of carbonyl (C=O) groups excluding carboxylic acids is 1. The van der Waals surface area contributed by atoms with Crippen LogP contribution >= 0.6 is 0 Å².